The molecule has 2 aromatic rings. The van der Waals surface area contributed by atoms with Crippen LogP contribution in [0.4, 0.5) is 42.2 Å². The fraction of sp³-hybridized carbons (Fsp3) is 0.350. The number of anilines is 2. The maximum Gasteiger partial charge on any atom is 0.573 e. The number of aromatic nitrogens is 1. The number of carbonyl (C=O) groups excluding carboxylic acids is 2. The van der Waals surface area contributed by atoms with E-state index in [2.05, 4.69) is 9.72 Å². The first kappa shape index (κ1) is 25.1. The Labute approximate surface area is 187 Å². The Morgan fingerprint density at radius 1 is 1.21 bits per heavy atom. The van der Waals surface area contributed by atoms with E-state index in [1.165, 1.54) is 19.9 Å². The highest BCUT2D eigenvalue weighted by molar-refractivity contribution is 6.00. The Morgan fingerprint density at radius 2 is 1.88 bits per heavy atom. The second-order valence-corrected chi connectivity index (χ2v) is 7.32. The molecule has 0 radical (unpaired) electrons. The molecule has 2 heterocycles. The zero-order valence-electron chi connectivity index (χ0n) is 17.5. The molecule has 14 heteroatoms. The summed E-state index contributed by atoms with van der Waals surface area (Å²) in [6.07, 6.45) is -12.6. The molecule has 1 atom stereocenters. The number of aryl methyl sites for hydroxylation is 1. The minimum Gasteiger partial charge on any atom is -0.463 e. The fourth-order valence-corrected chi connectivity index (χ4v) is 3.10. The van der Waals surface area contributed by atoms with E-state index in [0.717, 1.165) is 23.1 Å². The molecule has 2 amide bonds. The summed E-state index contributed by atoms with van der Waals surface area (Å²) in [6.45, 7) is 2.49. The molecule has 1 N–H and O–H groups in total. The third kappa shape index (κ3) is 6.05. The highest BCUT2D eigenvalue weighted by atomic mass is 19.4. The Bertz CT molecular complexity index is 1120. The van der Waals surface area contributed by atoms with Crippen molar-refractivity contribution in [3.05, 3.63) is 41.2 Å². The summed E-state index contributed by atoms with van der Waals surface area (Å²) in [5.74, 6) is -4.68. The number of alkyl halides is 6. The van der Waals surface area contributed by atoms with Gasteiger partial charge in [-0.2, -0.15) is 18.2 Å². The molecule has 184 valence electrons. The van der Waals surface area contributed by atoms with Crippen LogP contribution >= 0.6 is 0 Å². The van der Waals surface area contributed by atoms with Crippen LogP contribution in [0.2, 0.25) is 0 Å². The van der Waals surface area contributed by atoms with Gasteiger partial charge in [0.15, 0.2) is 17.7 Å². The summed E-state index contributed by atoms with van der Waals surface area (Å²) in [5, 5.41) is 2.03. The molecule has 0 bridgehead atoms. The van der Waals surface area contributed by atoms with Crippen molar-refractivity contribution in [2.24, 2.45) is 0 Å². The topological polar surface area (TPSA) is 80.8 Å². The van der Waals surface area contributed by atoms with Crippen molar-refractivity contribution in [3.8, 4) is 11.6 Å². The monoisotopic (exact) mass is 495 g/mol. The van der Waals surface area contributed by atoms with Crippen molar-refractivity contribution in [1.29, 1.82) is 0 Å². The molecule has 7 nitrogen and oxygen atoms in total. The van der Waals surface area contributed by atoms with E-state index in [-0.39, 0.29) is 35.1 Å². The molecule has 0 saturated heterocycles. The SMILES string of the molecule is Cc1cc2c(nc1NC(=O)CC(F)(F)F)OC(C)C(=O)N2Cc1ccc(OC(F)(F)F)c(F)c1. The molecule has 0 spiro atoms. The Balaban J connectivity index is 1.88. The van der Waals surface area contributed by atoms with Crippen LogP contribution in [0.5, 0.6) is 11.6 Å². The van der Waals surface area contributed by atoms with Gasteiger partial charge in [0.05, 0.1) is 6.54 Å². The lowest BCUT2D eigenvalue weighted by molar-refractivity contribution is -0.275. The van der Waals surface area contributed by atoms with Crippen molar-refractivity contribution in [3.63, 3.8) is 0 Å². The molecule has 1 aliphatic rings. The van der Waals surface area contributed by atoms with Gasteiger partial charge in [0, 0.05) is 0 Å². The summed E-state index contributed by atoms with van der Waals surface area (Å²) in [4.78, 5) is 29.4. The van der Waals surface area contributed by atoms with Crippen molar-refractivity contribution in [1.82, 2.24) is 4.98 Å². The summed E-state index contributed by atoms with van der Waals surface area (Å²) < 4.78 is 97.3. The first-order valence-corrected chi connectivity index (χ1v) is 9.53. The van der Waals surface area contributed by atoms with Gasteiger partial charge in [0.25, 0.3) is 5.91 Å². The molecule has 1 aromatic carbocycles. The third-order valence-electron chi connectivity index (χ3n) is 4.53. The number of halogens is 7. The van der Waals surface area contributed by atoms with E-state index in [1.54, 1.807) is 0 Å². The molecule has 1 unspecified atom stereocenters. The van der Waals surface area contributed by atoms with Crippen LogP contribution in [-0.4, -0.2) is 35.4 Å². The number of benzene rings is 1. The van der Waals surface area contributed by atoms with E-state index < -0.39 is 48.4 Å². The Hall–Kier alpha value is -3.58. The maximum atomic E-state index is 14.1. The maximum absolute atomic E-state index is 14.1. The first-order chi connectivity index (χ1) is 15.6. The molecule has 1 aliphatic heterocycles. The summed E-state index contributed by atoms with van der Waals surface area (Å²) in [6, 6.07) is 3.98. The minimum absolute atomic E-state index is 0.0745. The van der Waals surface area contributed by atoms with Crippen molar-refractivity contribution >= 4 is 23.3 Å². The van der Waals surface area contributed by atoms with Crippen molar-refractivity contribution in [2.45, 2.75) is 45.5 Å². The highest BCUT2D eigenvalue weighted by Gasteiger charge is 2.36. The van der Waals surface area contributed by atoms with Gasteiger partial charge in [0.1, 0.15) is 17.9 Å². The van der Waals surface area contributed by atoms with Crippen LogP contribution in [-0.2, 0) is 16.1 Å². The molecule has 34 heavy (non-hydrogen) atoms. The van der Waals surface area contributed by atoms with Crippen LogP contribution in [0.3, 0.4) is 0 Å². The van der Waals surface area contributed by atoms with E-state index in [1.807, 2.05) is 5.32 Å². The second-order valence-electron chi connectivity index (χ2n) is 7.32. The smallest absolute Gasteiger partial charge is 0.463 e. The number of carbonyl (C=O) groups is 2. The highest BCUT2D eigenvalue weighted by Crippen LogP contribution is 2.37. The zero-order valence-corrected chi connectivity index (χ0v) is 17.5. The van der Waals surface area contributed by atoms with Gasteiger partial charge < -0.3 is 14.8 Å². The largest absolute Gasteiger partial charge is 0.573 e. The number of ether oxygens (including phenoxy) is 2. The number of pyridine rings is 1. The quantitative estimate of drug-likeness (QED) is 0.612. The van der Waals surface area contributed by atoms with Crippen LogP contribution in [0.25, 0.3) is 0 Å². The number of nitrogens with zero attached hydrogens (tertiary/aromatic N) is 2. The lowest BCUT2D eigenvalue weighted by Crippen LogP contribution is -2.44. The number of rotatable bonds is 5. The number of amides is 2. The predicted molar refractivity (Wildman–Crippen MR) is 103 cm³/mol. The number of hydrogen-bond donors (Lipinski definition) is 1. The van der Waals surface area contributed by atoms with Gasteiger partial charge in [0.2, 0.25) is 11.8 Å². The standard InChI is InChI=1S/C20H16F7N3O4/c1-9-5-13-17(29-16(9)28-15(31)7-19(22,23)24)33-10(2)18(32)30(13)8-11-3-4-14(12(21)6-11)34-20(25,26)27/h3-6,10H,7-8H2,1-2H3,(H,28,29,31). The van der Waals surface area contributed by atoms with E-state index in [0.29, 0.717) is 0 Å². The van der Waals surface area contributed by atoms with Gasteiger partial charge in [-0.15, -0.1) is 13.2 Å². The summed E-state index contributed by atoms with van der Waals surface area (Å²) in [7, 11) is 0. The lowest BCUT2D eigenvalue weighted by atomic mass is 10.1. The average Bonchev–Trinajstić information content (AvgIpc) is 2.66. The van der Waals surface area contributed by atoms with Gasteiger partial charge in [-0.05, 0) is 43.2 Å². The van der Waals surface area contributed by atoms with E-state index in [9.17, 15) is 40.3 Å². The Morgan fingerprint density at radius 3 is 2.47 bits per heavy atom. The number of hydrogen-bond acceptors (Lipinski definition) is 5. The molecule has 0 saturated carbocycles. The Kier molecular flexibility index (Phi) is 6.62. The van der Waals surface area contributed by atoms with Gasteiger partial charge in [-0.1, -0.05) is 6.07 Å². The molecule has 1 aromatic heterocycles. The average molecular weight is 495 g/mol. The fourth-order valence-electron chi connectivity index (χ4n) is 3.10. The van der Waals surface area contributed by atoms with Crippen LogP contribution in [0.15, 0.2) is 24.3 Å². The normalized spacial score (nSPS) is 16.1. The predicted octanol–water partition coefficient (Wildman–Crippen LogP) is 4.63. The molecular formula is C20H16F7N3O4. The van der Waals surface area contributed by atoms with Gasteiger partial charge >= 0.3 is 12.5 Å². The second kappa shape index (κ2) is 8.99. The number of nitrogens with one attached hydrogen (secondary N) is 1. The minimum atomic E-state index is -5.09. The molecule has 0 aliphatic carbocycles. The van der Waals surface area contributed by atoms with Crippen LogP contribution < -0.4 is 19.7 Å². The zero-order chi connectivity index (χ0) is 25.4. The first-order valence-electron chi connectivity index (χ1n) is 9.53. The lowest BCUT2D eigenvalue weighted by Gasteiger charge is -2.33. The summed E-state index contributed by atoms with van der Waals surface area (Å²) in [5.41, 5.74) is 0.386. The van der Waals surface area contributed by atoms with Crippen molar-refractivity contribution < 1.29 is 49.8 Å². The molecule has 0 fully saturated rings. The summed E-state index contributed by atoms with van der Waals surface area (Å²) >= 11 is 0. The molecule has 3 rings (SSSR count). The number of fused-ring (bicyclic) bond motifs is 1. The van der Waals surface area contributed by atoms with Gasteiger partial charge in [-0.25, -0.2) is 4.39 Å². The molecular weight excluding hydrogens is 479 g/mol. The van der Waals surface area contributed by atoms with Crippen molar-refractivity contribution in [2.75, 3.05) is 10.2 Å². The van der Waals surface area contributed by atoms with Crippen LogP contribution in [0, 0.1) is 12.7 Å². The van der Waals surface area contributed by atoms with E-state index >= 15 is 0 Å². The van der Waals surface area contributed by atoms with Gasteiger partial charge in [-0.3, -0.25) is 14.5 Å². The van der Waals surface area contributed by atoms with Crippen LogP contribution in [0.1, 0.15) is 24.5 Å². The van der Waals surface area contributed by atoms with E-state index in [4.69, 9.17) is 4.74 Å². The third-order valence-corrected chi connectivity index (χ3v) is 4.53.